The van der Waals surface area contributed by atoms with Gasteiger partial charge < -0.3 is 9.52 Å². The Morgan fingerprint density at radius 2 is 2.50 bits per heavy atom. The van der Waals surface area contributed by atoms with Crippen LogP contribution in [0, 0.1) is 0 Å². The lowest BCUT2D eigenvalue weighted by Crippen LogP contribution is -2.06. The molecule has 0 bridgehead atoms. The molecule has 0 aliphatic heterocycles. The highest BCUT2D eigenvalue weighted by atomic mass is 16.5. The summed E-state index contributed by atoms with van der Waals surface area (Å²) in [5, 5.41) is 8.45. The van der Waals surface area contributed by atoms with Crippen molar-refractivity contribution in [3.8, 4) is 5.95 Å². The summed E-state index contributed by atoms with van der Waals surface area (Å²) in [6, 6.07) is 0. The number of aromatic nitrogens is 1. The van der Waals surface area contributed by atoms with E-state index in [2.05, 4.69) is 4.42 Å². The maximum Gasteiger partial charge on any atom is 0.421 e. The molecule has 0 saturated heterocycles. The Kier molecular flexibility index (Phi) is 0.865. The summed E-state index contributed by atoms with van der Waals surface area (Å²) in [5.74, 6) is -0.903. The van der Waals surface area contributed by atoms with E-state index in [1.54, 1.807) is 0 Å². The Labute approximate surface area is 45.0 Å². The van der Waals surface area contributed by atoms with Crippen molar-refractivity contribution in [2.75, 3.05) is 0 Å². The predicted octanol–water partition coefficient (Wildman–Crippen LogP) is -0.316. The molecule has 0 atom stereocenters. The molecule has 1 rings (SSSR count). The number of hydrogen-bond donors (Lipinski definition) is 1. The highest BCUT2D eigenvalue weighted by molar-refractivity contribution is 4.92. The Morgan fingerprint density at radius 1 is 1.88 bits per heavy atom. The molecular weight excluding hydrogens is 110 g/mol. The van der Waals surface area contributed by atoms with Crippen molar-refractivity contribution in [2.24, 2.45) is 7.05 Å². The second-order valence-electron chi connectivity index (χ2n) is 1.45. The molecule has 0 aromatic carbocycles. The molecular formula is C4H5NO3. The van der Waals surface area contributed by atoms with Crippen molar-refractivity contribution in [3.63, 3.8) is 0 Å². The van der Waals surface area contributed by atoms with Gasteiger partial charge in [-0.25, -0.2) is 4.79 Å². The van der Waals surface area contributed by atoms with E-state index in [0.29, 0.717) is 0 Å². The standard InChI is InChI=1S/C4H5NO3/c1-5-2-3(6)8-4(5)7/h2,6H,1H3. The highest BCUT2D eigenvalue weighted by Crippen LogP contribution is 1.99. The van der Waals surface area contributed by atoms with Gasteiger partial charge in [-0.05, 0) is 0 Å². The summed E-state index contributed by atoms with van der Waals surface area (Å²) in [4.78, 5) is 10.3. The first-order chi connectivity index (χ1) is 3.70. The average Bonchev–Trinajstić information content (AvgIpc) is 1.85. The third-order valence-electron chi connectivity index (χ3n) is 0.784. The minimum atomic E-state index is -0.553. The summed E-state index contributed by atoms with van der Waals surface area (Å²) in [7, 11) is 1.49. The van der Waals surface area contributed by atoms with Crippen LogP contribution in [0.5, 0.6) is 5.95 Å². The number of oxazole rings is 1. The molecule has 0 saturated carbocycles. The quantitative estimate of drug-likeness (QED) is 0.504. The van der Waals surface area contributed by atoms with Crippen molar-refractivity contribution in [1.29, 1.82) is 0 Å². The van der Waals surface area contributed by atoms with Crippen LogP contribution >= 0.6 is 0 Å². The molecule has 0 aliphatic carbocycles. The van der Waals surface area contributed by atoms with Crippen molar-refractivity contribution in [2.45, 2.75) is 0 Å². The van der Waals surface area contributed by atoms with E-state index in [4.69, 9.17) is 5.11 Å². The van der Waals surface area contributed by atoms with Gasteiger partial charge in [0.05, 0.1) is 6.20 Å². The fraction of sp³-hybridized carbons (Fsp3) is 0.250. The number of aryl methyl sites for hydroxylation is 1. The summed E-state index contributed by atoms with van der Waals surface area (Å²) >= 11 is 0. The number of rotatable bonds is 0. The smallest absolute Gasteiger partial charge is 0.421 e. The van der Waals surface area contributed by atoms with Gasteiger partial charge in [-0.15, -0.1) is 0 Å². The van der Waals surface area contributed by atoms with Gasteiger partial charge in [-0.3, -0.25) is 4.57 Å². The fourth-order valence-corrected chi connectivity index (χ4v) is 0.406. The second kappa shape index (κ2) is 1.40. The van der Waals surface area contributed by atoms with Crippen molar-refractivity contribution in [3.05, 3.63) is 16.7 Å². The van der Waals surface area contributed by atoms with E-state index in [-0.39, 0.29) is 5.95 Å². The Hall–Kier alpha value is -1.19. The molecule has 1 heterocycles. The monoisotopic (exact) mass is 115 g/mol. The summed E-state index contributed by atoms with van der Waals surface area (Å²) in [6.45, 7) is 0. The van der Waals surface area contributed by atoms with Crippen LogP contribution in [0.2, 0.25) is 0 Å². The first-order valence-electron chi connectivity index (χ1n) is 2.05. The zero-order valence-electron chi connectivity index (χ0n) is 4.29. The predicted molar refractivity (Wildman–Crippen MR) is 25.6 cm³/mol. The van der Waals surface area contributed by atoms with Crippen LogP contribution < -0.4 is 5.76 Å². The van der Waals surface area contributed by atoms with Crippen molar-refractivity contribution >= 4 is 0 Å². The molecule has 0 radical (unpaired) electrons. The maximum atomic E-state index is 10.3. The molecule has 4 nitrogen and oxygen atoms in total. The molecule has 44 valence electrons. The van der Waals surface area contributed by atoms with E-state index in [1.807, 2.05) is 0 Å². The van der Waals surface area contributed by atoms with Crippen LogP contribution in [0.1, 0.15) is 0 Å². The molecule has 4 heteroatoms. The Morgan fingerprint density at radius 3 is 2.62 bits per heavy atom. The molecule has 0 aliphatic rings. The summed E-state index contributed by atoms with van der Waals surface area (Å²) in [5.41, 5.74) is 0. The van der Waals surface area contributed by atoms with E-state index in [1.165, 1.54) is 13.2 Å². The SMILES string of the molecule is Cn1cc(O)oc1=O. The lowest BCUT2D eigenvalue weighted by Gasteiger charge is -1.73. The van der Waals surface area contributed by atoms with E-state index < -0.39 is 5.76 Å². The number of hydrogen-bond acceptors (Lipinski definition) is 3. The summed E-state index contributed by atoms with van der Waals surface area (Å²) in [6.07, 6.45) is 1.20. The molecule has 1 aromatic rings. The fourth-order valence-electron chi connectivity index (χ4n) is 0.406. The number of aromatic hydroxyl groups is 1. The van der Waals surface area contributed by atoms with Crippen LogP contribution in [0.15, 0.2) is 15.4 Å². The minimum absolute atomic E-state index is 0.350. The molecule has 1 N–H and O–H groups in total. The summed E-state index contributed by atoms with van der Waals surface area (Å²) < 4.78 is 5.33. The molecule has 0 unspecified atom stereocenters. The molecule has 0 amide bonds. The van der Waals surface area contributed by atoms with E-state index >= 15 is 0 Å². The van der Waals surface area contributed by atoms with Gasteiger partial charge in [0.1, 0.15) is 0 Å². The lowest BCUT2D eigenvalue weighted by atomic mass is 10.9. The van der Waals surface area contributed by atoms with Crippen molar-refractivity contribution < 1.29 is 9.52 Å². The van der Waals surface area contributed by atoms with E-state index in [9.17, 15) is 4.79 Å². The average molecular weight is 115 g/mol. The van der Waals surface area contributed by atoms with Gasteiger partial charge in [-0.2, -0.15) is 0 Å². The van der Waals surface area contributed by atoms with Gasteiger partial charge in [0.25, 0.3) is 0 Å². The third kappa shape index (κ3) is 0.598. The van der Waals surface area contributed by atoms with Crippen LogP contribution in [-0.2, 0) is 7.05 Å². The lowest BCUT2D eigenvalue weighted by molar-refractivity contribution is 0.317. The van der Waals surface area contributed by atoms with Gasteiger partial charge in [0, 0.05) is 7.05 Å². The normalized spacial score (nSPS) is 9.62. The molecule has 0 spiro atoms. The number of nitrogens with zero attached hydrogens (tertiary/aromatic N) is 1. The first kappa shape index (κ1) is 4.96. The van der Waals surface area contributed by atoms with Crippen LogP contribution in [0.25, 0.3) is 0 Å². The molecule has 8 heavy (non-hydrogen) atoms. The molecule has 0 fully saturated rings. The van der Waals surface area contributed by atoms with Gasteiger partial charge in [0.2, 0.25) is 0 Å². The zero-order chi connectivity index (χ0) is 6.15. The van der Waals surface area contributed by atoms with Crippen LogP contribution in [0.4, 0.5) is 0 Å². The second-order valence-corrected chi connectivity index (χ2v) is 1.45. The topological polar surface area (TPSA) is 55.4 Å². The van der Waals surface area contributed by atoms with Crippen LogP contribution in [0.3, 0.4) is 0 Å². The highest BCUT2D eigenvalue weighted by Gasteiger charge is 1.95. The van der Waals surface area contributed by atoms with Gasteiger partial charge in [0.15, 0.2) is 0 Å². The minimum Gasteiger partial charge on any atom is -0.480 e. The molecule has 1 aromatic heterocycles. The zero-order valence-corrected chi connectivity index (χ0v) is 4.29. The maximum absolute atomic E-state index is 10.3. The Balaban J connectivity index is 3.35. The van der Waals surface area contributed by atoms with Gasteiger partial charge >= 0.3 is 11.7 Å². The largest absolute Gasteiger partial charge is 0.480 e. The first-order valence-corrected chi connectivity index (χ1v) is 2.05. The van der Waals surface area contributed by atoms with Gasteiger partial charge in [-0.1, -0.05) is 0 Å². The Bertz CT molecular complexity index is 234. The van der Waals surface area contributed by atoms with Crippen LogP contribution in [-0.4, -0.2) is 9.67 Å². The third-order valence-corrected chi connectivity index (χ3v) is 0.784. The van der Waals surface area contributed by atoms with Crippen molar-refractivity contribution in [1.82, 2.24) is 4.57 Å². The van der Waals surface area contributed by atoms with E-state index in [0.717, 1.165) is 4.57 Å².